The van der Waals surface area contributed by atoms with Gasteiger partial charge in [0.25, 0.3) is 5.91 Å². The molecule has 3 atom stereocenters. The van der Waals surface area contributed by atoms with E-state index in [4.69, 9.17) is 9.47 Å². The van der Waals surface area contributed by atoms with Crippen molar-refractivity contribution in [1.82, 2.24) is 10.4 Å². The summed E-state index contributed by atoms with van der Waals surface area (Å²) in [4.78, 5) is 12.3. The fourth-order valence-electron chi connectivity index (χ4n) is 2.98. The number of hydrogen-bond acceptors (Lipinski definition) is 4. The molecule has 0 unspecified atom stereocenters. The lowest BCUT2D eigenvalue weighted by molar-refractivity contribution is -0.145. The Morgan fingerprint density at radius 3 is 2.80 bits per heavy atom. The summed E-state index contributed by atoms with van der Waals surface area (Å²) in [6.07, 6.45) is 5.32. The van der Waals surface area contributed by atoms with Gasteiger partial charge in [0.2, 0.25) is 0 Å². The van der Waals surface area contributed by atoms with Crippen LogP contribution in [0.15, 0.2) is 0 Å². The third-order valence-electron chi connectivity index (χ3n) is 4.19. The molecule has 0 bridgehead atoms. The molecule has 5 heteroatoms. The van der Waals surface area contributed by atoms with Crippen LogP contribution in [0.4, 0.5) is 0 Å². The molecule has 1 aliphatic carbocycles. The number of amides is 1. The highest BCUT2D eigenvalue weighted by Crippen LogP contribution is 2.26. The lowest BCUT2D eigenvalue weighted by Crippen LogP contribution is -2.52. The van der Waals surface area contributed by atoms with Crippen molar-refractivity contribution in [2.24, 2.45) is 5.92 Å². The van der Waals surface area contributed by atoms with Crippen molar-refractivity contribution in [3.63, 3.8) is 0 Å². The minimum atomic E-state index is -0.326. The van der Waals surface area contributed by atoms with E-state index in [9.17, 15) is 4.79 Å². The molecule has 0 aromatic heterocycles. The van der Waals surface area contributed by atoms with Crippen molar-refractivity contribution in [3.05, 3.63) is 0 Å². The molecular weight excluding hydrogens is 256 g/mol. The van der Waals surface area contributed by atoms with Gasteiger partial charge < -0.3 is 9.47 Å². The second-order valence-corrected chi connectivity index (χ2v) is 6.00. The third-order valence-corrected chi connectivity index (χ3v) is 4.19. The van der Waals surface area contributed by atoms with Crippen molar-refractivity contribution >= 4 is 5.91 Å². The molecular formula is C15H28N2O3. The highest BCUT2D eigenvalue weighted by Gasteiger charge is 2.27. The van der Waals surface area contributed by atoms with Crippen molar-refractivity contribution < 1.29 is 14.3 Å². The number of carbonyl (C=O) groups excluding carboxylic acids is 1. The van der Waals surface area contributed by atoms with Gasteiger partial charge in [-0.3, -0.25) is 10.2 Å². The van der Waals surface area contributed by atoms with Gasteiger partial charge in [0.15, 0.2) is 0 Å². The van der Waals surface area contributed by atoms with Crippen LogP contribution in [0.2, 0.25) is 0 Å². The molecule has 0 spiro atoms. The average Bonchev–Trinajstić information content (AvgIpc) is 2.46. The molecule has 1 saturated heterocycles. The largest absolute Gasteiger partial charge is 0.379 e. The average molecular weight is 284 g/mol. The molecule has 0 aromatic carbocycles. The summed E-state index contributed by atoms with van der Waals surface area (Å²) in [6.45, 7) is 7.14. The number of ether oxygens (including phenoxy) is 2. The molecule has 0 aromatic rings. The maximum absolute atomic E-state index is 12.3. The van der Waals surface area contributed by atoms with E-state index in [1.807, 2.05) is 11.9 Å². The van der Waals surface area contributed by atoms with E-state index in [1.165, 1.54) is 12.8 Å². The Hall–Kier alpha value is -0.650. The van der Waals surface area contributed by atoms with E-state index in [0.29, 0.717) is 19.1 Å². The fourth-order valence-corrected chi connectivity index (χ4v) is 2.98. The Balaban J connectivity index is 1.78. The van der Waals surface area contributed by atoms with Gasteiger partial charge in [-0.2, -0.15) is 0 Å². The van der Waals surface area contributed by atoms with E-state index in [0.717, 1.165) is 32.4 Å². The predicted molar refractivity (Wildman–Crippen MR) is 77.1 cm³/mol. The first-order chi connectivity index (χ1) is 9.69. The van der Waals surface area contributed by atoms with Gasteiger partial charge in [0.1, 0.15) is 6.10 Å². The van der Waals surface area contributed by atoms with E-state index < -0.39 is 0 Å². The normalized spacial score (nSPS) is 29.9. The summed E-state index contributed by atoms with van der Waals surface area (Å²) in [7, 11) is 0. The number of hydrazine groups is 1. The van der Waals surface area contributed by atoms with Crippen LogP contribution in [0.25, 0.3) is 0 Å². The number of morpholine rings is 1. The first-order valence-electron chi connectivity index (χ1n) is 7.97. The van der Waals surface area contributed by atoms with Crippen LogP contribution in [0.5, 0.6) is 0 Å². The van der Waals surface area contributed by atoms with Crippen LogP contribution >= 0.6 is 0 Å². The molecule has 1 amide bonds. The van der Waals surface area contributed by atoms with Gasteiger partial charge in [0.05, 0.1) is 19.3 Å². The number of nitrogens with one attached hydrogen (secondary N) is 1. The van der Waals surface area contributed by atoms with Crippen molar-refractivity contribution in [2.75, 3.05) is 26.3 Å². The Kier molecular flexibility index (Phi) is 6.26. The van der Waals surface area contributed by atoms with Crippen molar-refractivity contribution in [3.8, 4) is 0 Å². The highest BCUT2D eigenvalue weighted by molar-refractivity contribution is 5.80. The van der Waals surface area contributed by atoms with Gasteiger partial charge in [0, 0.05) is 13.1 Å². The minimum absolute atomic E-state index is 0.00683. The predicted octanol–water partition coefficient (Wildman–Crippen LogP) is 1.72. The summed E-state index contributed by atoms with van der Waals surface area (Å²) in [5.41, 5.74) is 2.96. The van der Waals surface area contributed by atoms with Crippen LogP contribution in [-0.4, -0.2) is 49.4 Å². The van der Waals surface area contributed by atoms with Crippen molar-refractivity contribution in [1.29, 1.82) is 0 Å². The topological polar surface area (TPSA) is 50.8 Å². The first-order valence-corrected chi connectivity index (χ1v) is 7.97. The molecule has 2 aliphatic rings. The molecule has 2 rings (SSSR count). The molecule has 0 radical (unpaired) electrons. The van der Waals surface area contributed by atoms with Gasteiger partial charge in [-0.25, -0.2) is 5.01 Å². The maximum atomic E-state index is 12.3. The fraction of sp³-hybridized carbons (Fsp3) is 0.933. The third kappa shape index (κ3) is 4.72. The van der Waals surface area contributed by atoms with Gasteiger partial charge >= 0.3 is 0 Å². The highest BCUT2D eigenvalue weighted by atomic mass is 16.5. The second kappa shape index (κ2) is 7.96. The first kappa shape index (κ1) is 15.7. The number of rotatable bonds is 5. The number of nitrogens with zero attached hydrogens (tertiary/aromatic N) is 1. The molecule has 2 fully saturated rings. The molecule has 1 heterocycles. The van der Waals surface area contributed by atoms with Gasteiger partial charge in [-0.1, -0.05) is 26.7 Å². The van der Waals surface area contributed by atoms with E-state index in [-0.39, 0.29) is 18.1 Å². The Morgan fingerprint density at radius 1 is 1.40 bits per heavy atom. The van der Waals surface area contributed by atoms with Gasteiger partial charge in [-0.05, 0) is 25.2 Å². The zero-order valence-corrected chi connectivity index (χ0v) is 12.8. The quantitative estimate of drug-likeness (QED) is 0.835. The lowest BCUT2D eigenvalue weighted by atomic mass is 9.88. The van der Waals surface area contributed by atoms with E-state index in [2.05, 4.69) is 12.3 Å². The maximum Gasteiger partial charge on any atom is 0.263 e. The monoisotopic (exact) mass is 284 g/mol. The SMILES string of the molecule is CC[C@H](O[C@@H]1CCC[C@H](C)C1)C(=O)NN1CCOCC1. The molecule has 1 aliphatic heterocycles. The Morgan fingerprint density at radius 2 is 2.15 bits per heavy atom. The van der Waals surface area contributed by atoms with E-state index in [1.54, 1.807) is 0 Å². The van der Waals surface area contributed by atoms with Crippen LogP contribution in [0.3, 0.4) is 0 Å². The van der Waals surface area contributed by atoms with Crippen LogP contribution in [0.1, 0.15) is 46.0 Å². The summed E-state index contributed by atoms with van der Waals surface area (Å²) in [5.74, 6) is 0.709. The molecule has 20 heavy (non-hydrogen) atoms. The van der Waals surface area contributed by atoms with Gasteiger partial charge in [-0.15, -0.1) is 0 Å². The summed E-state index contributed by atoms with van der Waals surface area (Å²) in [5, 5.41) is 1.93. The summed E-state index contributed by atoms with van der Waals surface area (Å²) in [6, 6.07) is 0. The number of hydrogen-bond donors (Lipinski definition) is 1. The van der Waals surface area contributed by atoms with E-state index >= 15 is 0 Å². The molecule has 1 saturated carbocycles. The summed E-state index contributed by atoms with van der Waals surface area (Å²) >= 11 is 0. The summed E-state index contributed by atoms with van der Waals surface area (Å²) < 4.78 is 11.3. The number of carbonyl (C=O) groups is 1. The zero-order valence-electron chi connectivity index (χ0n) is 12.8. The molecule has 1 N–H and O–H groups in total. The Bertz CT molecular complexity index is 305. The Labute approximate surface area is 122 Å². The van der Waals surface area contributed by atoms with Crippen LogP contribution in [-0.2, 0) is 14.3 Å². The molecule has 5 nitrogen and oxygen atoms in total. The van der Waals surface area contributed by atoms with Crippen LogP contribution in [0, 0.1) is 5.92 Å². The van der Waals surface area contributed by atoms with Crippen molar-refractivity contribution in [2.45, 2.75) is 58.2 Å². The zero-order chi connectivity index (χ0) is 14.4. The lowest BCUT2D eigenvalue weighted by Gasteiger charge is -2.32. The second-order valence-electron chi connectivity index (χ2n) is 6.00. The molecule has 116 valence electrons. The standard InChI is InChI=1S/C15H28N2O3/c1-3-14(20-13-6-4-5-12(2)11-13)15(18)16-17-7-9-19-10-8-17/h12-14H,3-11H2,1-2H3,(H,16,18)/t12-,13+,14-/m0/s1. The van der Waals surface area contributed by atoms with Crippen LogP contribution < -0.4 is 5.43 Å². The smallest absolute Gasteiger partial charge is 0.263 e. The minimum Gasteiger partial charge on any atom is -0.379 e.